The summed E-state index contributed by atoms with van der Waals surface area (Å²) in [6, 6.07) is 0.683. The van der Waals surface area contributed by atoms with E-state index in [0.717, 1.165) is 6.20 Å². The zero-order chi connectivity index (χ0) is 12.8. The molecule has 2 aromatic rings. The molecule has 0 aliphatic rings. The molecule has 0 bridgehead atoms. The molecule has 0 atom stereocenters. The Kier molecular flexibility index (Phi) is 2.19. The first-order valence-corrected chi connectivity index (χ1v) is 4.25. The normalized spacial score (nSPS) is 11.9. The maximum atomic E-state index is 12.4. The molecule has 0 saturated carbocycles. The van der Waals surface area contributed by atoms with Gasteiger partial charge >= 0.3 is 12.1 Å². The molecule has 2 aromatic heterocycles. The van der Waals surface area contributed by atoms with Crippen molar-refractivity contribution in [2.75, 3.05) is 5.73 Å². The highest BCUT2D eigenvalue weighted by molar-refractivity contribution is 5.92. The molecule has 0 unspecified atom stereocenters. The van der Waals surface area contributed by atoms with Crippen LogP contribution in [0.15, 0.2) is 12.3 Å². The van der Waals surface area contributed by atoms with Crippen LogP contribution in [0.4, 0.5) is 19.0 Å². The summed E-state index contributed by atoms with van der Waals surface area (Å²) in [4.78, 5) is 14.2. The fourth-order valence-corrected chi connectivity index (χ4v) is 1.25. The average molecular weight is 246 g/mol. The molecule has 9 heteroatoms. The largest absolute Gasteiger partial charge is 0.477 e. The van der Waals surface area contributed by atoms with Crippen LogP contribution in [0.3, 0.4) is 0 Å². The van der Waals surface area contributed by atoms with Crippen LogP contribution in [-0.2, 0) is 6.18 Å². The second-order valence-corrected chi connectivity index (χ2v) is 3.16. The third-order valence-electron chi connectivity index (χ3n) is 2.04. The van der Waals surface area contributed by atoms with Gasteiger partial charge in [-0.3, -0.25) is 0 Å². The van der Waals surface area contributed by atoms with Gasteiger partial charge in [-0.25, -0.2) is 9.78 Å². The molecule has 0 aliphatic carbocycles. The van der Waals surface area contributed by atoms with Crippen LogP contribution in [0.5, 0.6) is 0 Å². The topological polar surface area (TPSA) is 93.5 Å². The Labute approximate surface area is 91.5 Å². The van der Waals surface area contributed by atoms with Crippen LogP contribution in [0.2, 0.25) is 0 Å². The SMILES string of the molecule is Nc1c(C(=O)O)cnc2cc(C(F)(F)F)nn12. The molecule has 0 saturated heterocycles. The Morgan fingerprint density at radius 2 is 2.12 bits per heavy atom. The van der Waals surface area contributed by atoms with Crippen molar-refractivity contribution in [1.82, 2.24) is 14.6 Å². The van der Waals surface area contributed by atoms with Crippen molar-refractivity contribution in [3.8, 4) is 0 Å². The summed E-state index contributed by atoms with van der Waals surface area (Å²) in [5.74, 6) is -1.79. The van der Waals surface area contributed by atoms with E-state index in [4.69, 9.17) is 10.8 Å². The lowest BCUT2D eigenvalue weighted by molar-refractivity contribution is -0.141. The Morgan fingerprint density at radius 3 is 2.65 bits per heavy atom. The highest BCUT2D eigenvalue weighted by atomic mass is 19.4. The van der Waals surface area contributed by atoms with E-state index in [2.05, 4.69) is 10.1 Å². The molecule has 0 fully saturated rings. The van der Waals surface area contributed by atoms with Gasteiger partial charge in [-0.1, -0.05) is 0 Å². The molecule has 0 spiro atoms. The lowest BCUT2D eigenvalue weighted by Gasteiger charge is -2.02. The fraction of sp³-hybridized carbons (Fsp3) is 0.125. The van der Waals surface area contributed by atoms with E-state index in [1.54, 1.807) is 0 Å². The first-order valence-electron chi connectivity index (χ1n) is 4.25. The second-order valence-electron chi connectivity index (χ2n) is 3.16. The maximum absolute atomic E-state index is 12.4. The van der Waals surface area contributed by atoms with Gasteiger partial charge in [0.2, 0.25) is 0 Å². The van der Waals surface area contributed by atoms with Crippen LogP contribution in [-0.4, -0.2) is 25.7 Å². The molecular formula is C8H5F3N4O2. The summed E-state index contributed by atoms with van der Waals surface area (Å²) in [6.45, 7) is 0. The molecule has 0 aliphatic heterocycles. The summed E-state index contributed by atoms with van der Waals surface area (Å²) in [7, 11) is 0. The van der Waals surface area contributed by atoms with Crippen molar-refractivity contribution in [2.24, 2.45) is 0 Å². The molecule has 0 aromatic carbocycles. The van der Waals surface area contributed by atoms with Crippen LogP contribution in [0.1, 0.15) is 16.1 Å². The van der Waals surface area contributed by atoms with E-state index in [1.165, 1.54) is 0 Å². The molecule has 3 N–H and O–H groups in total. The lowest BCUT2D eigenvalue weighted by Crippen LogP contribution is -2.10. The predicted molar refractivity (Wildman–Crippen MR) is 49.4 cm³/mol. The summed E-state index contributed by atoms with van der Waals surface area (Å²) < 4.78 is 37.7. The van der Waals surface area contributed by atoms with Gasteiger partial charge in [-0.15, -0.1) is 0 Å². The van der Waals surface area contributed by atoms with Crippen LogP contribution < -0.4 is 5.73 Å². The number of alkyl halides is 3. The average Bonchev–Trinajstić information content (AvgIpc) is 2.61. The minimum atomic E-state index is -4.64. The molecule has 2 rings (SSSR count). The molecule has 2 heterocycles. The predicted octanol–water partition coefficient (Wildman–Crippen LogP) is 1.03. The number of carboxylic acids is 1. The molecular weight excluding hydrogens is 241 g/mol. The van der Waals surface area contributed by atoms with Gasteiger partial charge in [0.05, 0.1) is 0 Å². The Bertz CT molecular complexity index is 605. The monoisotopic (exact) mass is 246 g/mol. The third kappa shape index (κ3) is 1.75. The number of hydrogen-bond acceptors (Lipinski definition) is 4. The number of halogens is 3. The van der Waals surface area contributed by atoms with E-state index in [9.17, 15) is 18.0 Å². The van der Waals surface area contributed by atoms with Crippen molar-refractivity contribution in [3.05, 3.63) is 23.5 Å². The standard InChI is InChI=1S/C8H5F3N4O2/c9-8(10,11)4-1-5-13-2-3(7(16)17)6(12)15(5)14-4/h1-2H,12H2,(H,16,17). The van der Waals surface area contributed by atoms with Gasteiger partial charge in [0, 0.05) is 12.3 Å². The number of carboxylic acid groups (broad SMARTS) is 1. The van der Waals surface area contributed by atoms with E-state index in [1.807, 2.05) is 0 Å². The quantitative estimate of drug-likeness (QED) is 0.783. The number of rotatable bonds is 1. The Morgan fingerprint density at radius 1 is 1.47 bits per heavy atom. The fourth-order valence-electron chi connectivity index (χ4n) is 1.25. The highest BCUT2D eigenvalue weighted by Gasteiger charge is 2.34. The van der Waals surface area contributed by atoms with E-state index in [-0.39, 0.29) is 5.65 Å². The van der Waals surface area contributed by atoms with Crippen molar-refractivity contribution in [2.45, 2.75) is 6.18 Å². The maximum Gasteiger partial charge on any atom is 0.435 e. The Hall–Kier alpha value is -2.32. The van der Waals surface area contributed by atoms with E-state index in [0.29, 0.717) is 10.6 Å². The van der Waals surface area contributed by atoms with Crippen molar-refractivity contribution >= 4 is 17.4 Å². The van der Waals surface area contributed by atoms with Crippen LogP contribution in [0.25, 0.3) is 5.65 Å². The summed E-state index contributed by atoms with van der Waals surface area (Å²) in [5.41, 5.74) is 3.63. The third-order valence-corrected chi connectivity index (χ3v) is 2.04. The number of fused-ring (bicyclic) bond motifs is 1. The molecule has 0 radical (unpaired) electrons. The number of nitrogen functional groups attached to an aromatic ring is 1. The van der Waals surface area contributed by atoms with Gasteiger partial charge < -0.3 is 10.8 Å². The lowest BCUT2D eigenvalue weighted by atomic mass is 10.3. The molecule has 17 heavy (non-hydrogen) atoms. The first kappa shape index (κ1) is 11.2. The number of aromatic nitrogens is 3. The Balaban J connectivity index is 2.70. The minimum Gasteiger partial charge on any atom is -0.477 e. The smallest absolute Gasteiger partial charge is 0.435 e. The van der Waals surface area contributed by atoms with Gasteiger partial charge in [0.25, 0.3) is 0 Å². The van der Waals surface area contributed by atoms with Gasteiger partial charge in [0.15, 0.2) is 11.3 Å². The highest BCUT2D eigenvalue weighted by Crippen LogP contribution is 2.29. The zero-order valence-electron chi connectivity index (χ0n) is 8.06. The number of anilines is 1. The second kappa shape index (κ2) is 3.34. The zero-order valence-corrected chi connectivity index (χ0v) is 8.06. The number of hydrogen-bond donors (Lipinski definition) is 2. The number of nitrogens with zero attached hydrogens (tertiary/aromatic N) is 3. The number of nitrogens with two attached hydrogens (primary N) is 1. The van der Waals surface area contributed by atoms with Crippen molar-refractivity contribution < 1.29 is 23.1 Å². The molecule has 6 nitrogen and oxygen atoms in total. The summed E-state index contributed by atoms with van der Waals surface area (Å²) in [5, 5.41) is 11.9. The summed E-state index contributed by atoms with van der Waals surface area (Å²) >= 11 is 0. The van der Waals surface area contributed by atoms with Gasteiger partial charge in [-0.2, -0.15) is 22.8 Å². The van der Waals surface area contributed by atoms with E-state index >= 15 is 0 Å². The van der Waals surface area contributed by atoms with Gasteiger partial charge in [-0.05, 0) is 0 Å². The molecule has 0 amide bonds. The first-order chi connectivity index (χ1) is 7.80. The van der Waals surface area contributed by atoms with Crippen molar-refractivity contribution in [3.63, 3.8) is 0 Å². The number of aromatic carboxylic acids is 1. The number of carbonyl (C=O) groups is 1. The molecule has 90 valence electrons. The summed E-state index contributed by atoms with van der Waals surface area (Å²) in [6.07, 6.45) is -3.75. The van der Waals surface area contributed by atoms with Crippen LogP contribution in [0, 0.1) is 0 Å². The minimum absolute atomic E-state index is 0.167. The van der Waals surface area contributed by atoms with Crippen molar-refractivity contribution in [1.29, 1.82) is 0 Å². The van der Waals surface area contributed by atoms with Gasteiger partial charge in [0.1, 0.15) is 11.4 Å². The van der Waals surface area contributed by atoms with E-state index < -0.39 is 29.2 Å². The van der Waals surface area contributed by atoms with Crippen LogP contribution >= 0.6 is 0 Å².